The topological polar surface area (TPSA) is 43.9 Å². The minimum Gasteiger partial charge on any atom is -0.341 e. The first-order valence-electron chi connectivity index (χ1n) is 9.22. The summed E-state index contributed by atoms with van der Waals surface area (Å²) in [5, 5.41) is 0. The fraction of sp³-hybridized carbons (Fsp3) is 0.579. The predicted octanol–water partition coefficient (Wildman–Crippen LogP) is 2.72. The van der Waals surface area contributed by atoms with E-state index in [1.807, 2.05) is 20.8 Å². The molecule has 5 nitrogen and oxygen atoms in total. The van der Waals surface area contributed by atoms with Crippen molar-refractivity contribution in [1.29, 1.82) is 0 Å². The van der Waals surface area contributed by atoms with Crippen LogP contribution in [0.15, 0.2) is 24.3 Å². The van der Waals surface area contributed by atoms with E-state index >= 15 is 0 Å². The van der Waals surface area contributed by atoms with Crippen LogP contribution >= 0.6 is 0 Å². The molecule has 0 aromatic heterocycles. The molecule has 2 rings (SSSR count). The number of hydrogen-bond acceptors (Lipinski definition) is 3. The zero-order chi connectivity index (χ0) is 20.2. The van der Waals surface area contributed by atoms with Crippen LogP contribution in [0.25, 0.3) is 0 Å². The number of benzene rings is 1. The molecule has 0 saturated carbocycles. The number of amides is 2. The number of rotatable bonds is 5. The molecule has 0 spiro atoms. The minimum absolute atomic E-state index is 0.0490. The second-order valence-corrected chi connectivity index (χ2v) is 6.50. The largest absolute Gasteiger partial charge is 0.416 e. The average Bonchev–Trinajstić information content (AvgIpc) is 2.67. The Bertz CT molecular complexity index is 674. The number of carbonyl (C=O) groups excluding carboxylic acids is 2. The summed E-state index contributed by atoms with van der Waals surface area (Å²) in [6.07, 6.45) is -4.52. The molecule has 1 saturated heterocycles. The highest BCUT2D eigenvalue weighted by Crippen LogP contribution is 2.30. The van der Waals surface area contributed by atoms with Gasteiger partial charge in [-0.25, -0.2) is 0 Å². The van der Waals surface area contributed by atoms with Crippen molar-refractivity contribution in [1.82, 2.24) is 14.7 Å². The van der Waals surface area contributed by atoms with Gasteiger partial charge in [-0.2, -0.15) is 13.2 Å². The number of nitrogens with zero attached hydrogens (tertiary/aromatic N) is 3. The first-order valence-corrected chi connectivity index (χ1v) is 9.22. The molecule has 27 heavy (non-hydrogen) atoms. The van der Waals surface area contributed by atoms with Crippen LogP contribution in [0.1, 0.15) is 36.7 Å². The van der Waals surface area contributed by atoms with Crippen molar-refractivity contribution >= 4 is 11.8 Å². The lowest BCUT2D eigenvalue weighted by Gasteiger charge is -2.42. The van der Waals surface area contributed by atoms with Gasteiger partial charge in [0.25, 0.3) is 5.91 Å². The van der Waals surface area contributed by atoms with Crippen LogP contribution in [-0.4, -0.2) is 71.8 Å². The van der Waals surface area contributed by atoms with Crippen molar-refractivity contribution in [2.75, 3.05) is 39.3 Å². The van der Waals surface area contributed by atoms with Gasteiger partial charge in [0.2, 0.25) is 5.91 Å². The van der Waals surface area contributed by atoms with E-state index in [0.717, 1.165) is 18.7 Å². The van der Waals surface area contributed by atoms with E-state index in [0.29, 0.717) is 32.7 Å². The number of halogens is 3. The van der Waals surface area contributed by atoms with Crippen LogP contribution in [0.5, 0.6) is 0 Å². The lowest BCUT2D eigenvalue weighted by atomic mass is 10.1. The highest BCUT2D eigenvalue weighted by Gasteiger charge is 2.38. The Morgan fingerprint density at radius 3 is 2.37 bits per heavy atom. The van der Waals surface area contributed by atoms with E-state index in [9.17, 15) is 22.8 Å². The van der Waals surface area contributed by atoms with Crippen LogP contribution in [0.4, 0.5) is 13.2 Å². The van der Waals surface area contributed by atoms with E-state index in [1.165, 1.54) is 17.0 Å². The molecule has 1 unspecified atom stereocenters. The summed E-state index contributed by atoms with van der Waals surface area (Å²) in [6, 6.07) is 3.68. The van der Waals surface area contributed by atoms with Crippen LogP contribution in [0.3, 0.4) is 0 Å². The summed E-state index contributed by atoms with van der Waals surface area (Å²) in [6.45, 7) is 8.76. The van der Waals surface area contributed by atoms with Gasteiger partial charge in [0.05, 0.1) is 5.56 Å². The smallest absolute Gasteiger partial charge is 0.341 e. The lowest BCUT2D eigenvalue weighted by molar-refractivity contribution is -0.138. The van der Waals surface area contributed by atoms with Crippen LogP contribution in [0.2, 0.25) is 0 Å². The molecule has 1 aliphatic heterocycles. The molecule has 150 valence electrons. The summed E-state index contributed by atoms with van der Waals surface area (Å²) < 4.78 is 38.9. The number of likely N-dealkylation sites (N-methyl/N-ethyl adjacent to an activating group) is 2. The van der Waals surface area contributed by atoms with Crippen LogP contribution < -0.4 is 0 Å². The second kappa shape index (κ2) is 8.73. The Labute approximate surface area is 157 Å². The normalized spacial score (nSPS) is 18.4. The van der Waals surface area contributed by atoms with Gasteiger partial charge in [-0.3, -0.25) is 14.5 Å². The van der Waals surface area contributed by atoms with Crippen molar-refractivity contribution in [3.05, 3.63) is 35.4 Å². The number of alkyl halides is 3. The van der Waals surface area contributed by atoms with E-state index in [4.69, 9.17) is 0 Å². The third kappa shape index (κ3) is 4.80. The molecule has 0 aliphatic carbocycles. The Balaban J connectivity index is 2.32. The quantitative estimate of drug-likeness (QED) is 0.783. The molecule has 1 fully saturated rings. The molecule has 1 aromatic carbocycles. The summed E-state index contributed by atoms with van der Waals surface area (Å²) in [7, 11) is 0. The maximum atomic E-state index is 13.0. The number of carbonyl (C=O) groups is 2. The summed E-state index contributed by atoms with van der Waals surface area (Å²) in [5.74, 6) is -0.708. The first kappa shape index (κ1) is 21.2. The number of hydrogen-bond donors (Lipinski definition) is 0. The third-order valence-electron chi connectivity index (χ3n) is 4.97. The SMILES string of the molecule is CCN1CCN(C(=O)c2cccc(C(F)(F)F)c2)C(C(=O)N(CC)CC)C1. The molecule has 0 radical (unpaired) electrons. The molecular weight excluding hydrogens is 359 g/mol. The minimum atomic E-state index is -4.52. The van der Waals surface area contributed by atoms with E-state index < -0.39 is 23.7 Å². The fourth-order valence-electron chi connectivity index (χ4n) is 3.32. The zero-order valence-electron chi connectivity index (χ0n) is 15.9. The van der Waals surface area contributed by atoms with E-state index in [2.05, 4.69) is 4.90 Å². The van der Waals surface area contributed by atoms with Crippen molar-refractivity contribution in [2.24, 2.45) is 0 Å². The summed E-state index contributed by atoms with van der Waals surface area (Å²) in [5.41, 5.74) is -0.917. The van der Waals surface area contributed by atoms with Crippen LogP contribution in [-0.2, 0) is 11.0 Å². The average molecular weight is 385 g/mol. The molecule has 0 bridgehead atoms. The Hall–Kier alpha value is -2.09. The first-order chi connectivity index (χ1) is 12.7. The fourth-order valence-corrected chi connectivity index (χ4v) is 3.32. The molecular formula is C19H26F3N3O2. The molecule has 1 heterocycles. The molecule has 0 N–H and O–H groups in total. The standard InChI is InChI=1S/C19H26F3N3O2/c1-4-23-10-11-25(16(13-23)18(27)24(5-2)6-3)17(26)14-8-7-9-15(12-14)19(20,21)22/h7-9,12,16H,4-6,10-11,13H2,1-3H3. The highest BCUT2D eigenvalue weighted by atomic mass is 19.4. The van der Waals surface area contributed by atoms with Gasteiger partial charge in [-0.15, -0.1) is 0 Å². The van der Waals surface area contributed by atoms with Gasteiger partial charge in [0, 0.05) is 38.3 Å². The van der Waals surface area contributed by atoms with Crippen molar-refractivity contribution in [2.45, 2.75) is 33.0 Å². The van der Waals surface area contributed by atoms with Gasteiger partial charge in [-0.1, -0.05) is 13.0 Å². The molecule has 8 heteroatoms. The maximum absolute atomic E-state index is 13.0. The van der Waals surface area contributed by atoms with Gasteiger partial charge >= 0.3 is 6.18 Å². The zero-order valence-corrected chi connectivity index (χ0v) is 15.9. The van der Waals surface area contributed by atoms with Crippen molar-refractivity contribution in [3.63, 3.8) is 0 Å². The van der Waals surface area contributed by atoms with Crippen molar-refractivity contribution < 1.29 is 22.8 Å². The summed E-state index contributed by atoms with van der Waals surface area (Å²) in [4.78, 5) is 31.0. The molecule has 1 aliphatic rings. The Kier molecular flexibility index (Phi) is 6.86. The van der Waals surface area contributed by atoms with Crippen LogP contribution in [0, 0.1) is 0 Å². The maximum Gasteiger partial charge on any atom is 0.416 e. The van der Waals surface area contributed by atoms with Crippen molar-refractivity contribution in [3.8, 4) is 0 Å². The van der Waals surface area contributed by atoms with Gasteiger partial charge in [-0.05, 0) is 38.6 Å². The molecule has 1 atom stereocenters. The van der Waals surface area contributed by atoms with Gasteiger partial charge in [0.15, 0.2) is 0 Å². The van der Waals surface area contributed by atoms with Gasteiger partial charge < -0.3 is 9.80 Å². The third-order valence-corrected chi connectivity index (χ3v) is 4.97. The molecule has 1 aromatic rings. The number of piperazine rings is 1. The second-order valence-electron chi connectivity index (χ2n) is 6.50. The van der Waals surface area contributed by atoms with Gasteiger partial charge in [0.1, 0.15) is 6.04 Å². The summed E-state index contributed by atoms with van der Waals surface area (Å²) >= 11 is 0. The lowest BCUT2D eigenvalue weighted by Crippen LogP contribution is -2.61. The van der Waals surface area contributed by atoms with E-state index in [1.54, 1.807) is 4.90 Å². The predicted molar refractivity (Wildman–Crippen MR) is 96.3 cm³/mol. The Morgan fingerprint density at radius 2 is 1.81 bits per heavy atom. The Morgan fingerprint density at radius 1 is 1.15 bits per heavy atom. The highest BCUT2D eigenvalue weighted by molar-refractivity contribution is 5.98. The molecule has 2 amide bonds. The monoisotopic (exact) mass is 385 g/mol. The van der Waals surface area contributed by atoms with E-state index in [-0.39, 0.29) is 11.5 Å².